The van der Waals surface area contributed by atoms with Crippen LogP contribution < -0.4 is 10.4 Å². The van der Waals surface area contributed by atoms with E-state index in [0.29, 0.717) is 0 Å². The molecule has 110 valence electrons. The molecule has 1 saturated carbocycles. The Balaban J connectivity index is 1.57. The summed E-state index contributed by atoms with van der Waals surface area (Å²) >= 11 is 0. The standard InChI is InChI=1S/C16H17NO4/c18-15(19)13-11-6-7-12(8-11)14(13)17-16(20)21-9-10-4-2-1-3-5-10/h1-7,11-14H,8-9H2,(H,17,20)(H,18,19)/p-1/t11-,12+,13-,14-/m0/s1. The van der Waals surface area contributed by atoms with E-state index in [1.54, 1.807) is 0 Å². The van der Waals surface area contributed by atoms with Crippen molar-refractivity contribution >= 4 is 12.1 Å². The Kier molecular flexibility index (Phi) is 3.64. The van der Waals surface area contributed by atoms with Crippen molar-refractivity contribution in [2.45, 2.75) is 19.1 Å². The van der Waals surface area contributed by atoms with Crippen LogP contribution in [0.1, 0.15) is 12.0 Å². The van der Waals surface area contributed by atoms with Crippen LogP contribution in [-0.4, -0.2) is 18.1 Å². The summed E-state index contributed by atoms with van der Waals surface area (Å²) in [5.74, 6) is -1.76. The Morgan fingerprint density at radius 3 is 2.62 bits per heavy atom. The third-order valence-electron chi connectivity index (χ3n) is 4.23. The number of rotatable bonds is 4. The lowest BCUT2D eigenvalue weighted by molar-refractivity contribution is -0.313. The molecule has 2 bridgehead atoms. The van der Waals surface area contributed by atoms with Crippen molar-refractivity contribution in [1.82, 2.24) is 5.32 Å². The zero-order chi connectivity index (χ0) is 14.8. The first kappa shape index (κ1) is 13.7. The quantitative estimate of drug-likeness (QED) is 0.832. The molecule has 21 heavy (non-hydrogen) atoms. The number of hydrogen-bond acceptors (Lipinski definition) is 4. The van der Waals surface area contributed by atoms with Gasteiger partial charge in [-0.3, -0.25) is 0 Å². The Labute approximate surface area is 122 Å². The van der Waals surface area contributed by atoms with Crippen molar-refractivity contribution in [3.8, 4) is 0 Å². The normalized spacial score (nSPS) is 29.3. The maximum absolute atomic E-state index is 11.8. The van der Waals surface area contributed by atoms with Crippen LogP contribution in [0.4, 0.5) is 4.79 Å². The molecule has 2 aliphatic rings. The Bertz CT molecular complexity index is 569. The number of carbonyl (C=O) groups excluding carboxylic acids is 2. The Morgan fingerprint density at radius 2 is 1.90 bits per heavy atom. The second kappa shape index (κ2) is 5.60. The van der Waals surface area contributed by atoms with E-state index in [4.69, 9.17) is 4.74 Å². The number of alkyl carbamates (subject to hydrolysis) is 1. The smallest absolute Gasteiger partial charge is 0.407 e. The molecule has 5 nitrogen and oxygen atoms in total. The van der Waals surface area contributed by atoms with Crippen molar-refractivity contribution in [1.29, 1.82) is 0 Å². The summed E-state index contributed by atoms with van der Waals surface area (Å²) in [6, 6.07) is 8.89. The van der Waals surface area contributed by atoms with Gasteiger partial charge in [0.2, 0.25) is 0 Å². The summed E-state index contributed by atoms with van der Waals surface area (Å²) in [5, 5.41) is 13.9. The molecule has 1 N–H and O–H groups in total. The minimum atomic E-state index is -1.11. The summed E-state index contributed by atoms with van der Waals surface area (Å²) in [5.41, 5.74) is 0.886. The van der Waals surface area contributed by atoms with Gasteiger partial charge >= 0.3 is 6.09 Å². The first-order valence-corrected chi connectivity index (χ1v) is 7.01. The number of allylic oxidation sites excluding steroid dienone is 1. The Morgan fingerprint density at radius 1 is 1.19 bits per heavy atom. The molecule has 1 aromatic rings. The predicted octanol–water partition coefficient (Wildman–Crippen LogP) is 0.853. The van der Waals surface area contributed by atoms with Crippen molar-refractivity contribution in [2.24, 2.45) is 17.8 Å². The van der Waals surface area contributed by atoms with Gasteiger partial charge in [0.05, 0.1) is 0 Å². The molecule has 1 aromatic carbocycles. The fourth-order valence-corrected chi connectivity index (χ4v) is 3.24. The minimum absolute atomic E-state index is 0.0422. The van der Waals surface area contributed by atoms with Crippen molar-refractivity contribution in [3.05, 3.63) is 48.0 Å². The van der Waals surface area contributed by atoms with Gasteiger partial charge in [0, 0.05) is 17.9 Å². The van der Waals surface area contributed by atoms with E-state index in [0.717, 1.165) is 12.0 Å². The highest BCUT2D eigenvalue weighted by atomic mass is 16.5. The molecule has 0 saturated heterocycles. The molecule has 0 radical (unpaired) electrons. The topological polar surface area (TPSA) is 78.5 Å². The fraction of sp³-hybridized carbons (Fsp3) is 0.375. The third-order valence-corrected chi connectivity index (χ3v) is 4.23. The van der Waals surface area contributed by atoms with Gasteiger partial charge in [-0.2, -0.15) is 0 Å². The average molecular weight is 286 g/mol. The van der Waals surface area contributed by atoms with Gasteiger partial charge in [-0.15, -0.1) is 0 Å². The second-order valence-corrected chi connectivity index (χ2v) is 5.52. The van der Waals surface area contributed by atoms with Crippen LogP contribution in [0, 0.1) is 17.8 Å². The lowest BCUT2D eigenvalue weighted by Gasteiger charge is -2.29. The molecule has 0 aromatic heterocycles. The van der Waals surface area contributed by atoms with E-state index >= 15 is 0 Å². The summed E-state index contributed by atoms with van der Waals surface area (Å²) in [6.07, 6.45) is 4.03. The summed E-state index contributed by atoms with van der Waals surface area (Å²) in [4.78, 5) is 23.1. The number of benzene rings is 1. The van der Waals surface area contributed by atoms with Gasteiger partial charge in [-0.05, 0) is 23.8 Å². The zero-order valence-corrected chi connectivity index (χ0v) is 11.4. The number of carbonyl (C=O) groups is 2. The number of carboxylic acid groups (broad SMARTS) is 1. The number of amides is 1. The number of nitrogens with one attached hydrogen (secondary N) is 1. The number of fused-ring (bicyclic) bond motifs is 2. The molecule has 0 aliphatic heterocycles. The van der Waals surface area contributed by atoms with Gasteiger partial charge in [-0.1, -0.05) is 42.5 Å². The predicted molar refractivity (Wildman–Crippen MR) is 72.8 cm³/mol. The second-order valence-electron chi connectivity index (χ2n) is 5.52. The van der Waals surface area contributed by atoms with Crippen LogP contribution in [0.3, 0.4) is 0 Å². The molecule has 0 heterocycles. The van der Waals surface area contributed by atoms with Crippen molar-refractivity contribution < 1.29 is 19.4 Å². The molecule has 0 spiro atoms. The van der Waals surface area contributed by atoms with Crippen LogP contribution in [0.5, 0.6) is 0 Å². The highest BCUT2D eigenvalue weighted by Gasteiger charge is 2.46. The van der Waals surface area contributed by atoms with E-state index < -0.39 is 24.0 Å². The molecular weight excluding hydrogens is 270 g/mol. The lowest BCUT2D eigenvalue weighted by atomic mass is 9.89. The lowest BCUT2D eigenvalue weighted by Crippen LogP contribution is -2.49. The summed E-state index contributed by atoms with van der Waals surface area (Å²) in [7, 11) is 0. The summed E-state index contributed by atoms with van der Waals surface area (Å²) < 4.78 is 5.14. The van der Waals surface area contributed by atoms with E-state index in [9.17, 15) is 14.7 Å². The first-order valence-electron chi connectivity index (χ1n) is 7.01. The van der Waals surface area contributed by atoms with Crippen LogP contribution >= 0.6 is 0 Å². The van der Waals surface area contributed by atoms with Gasteiger partial charge in [0.15, 0.2) is 0 Å². The number of carboxylic acids is 1. The van der Waals surface area contributed by atoms with Crippen LogP contribution in [-0.2, 0) is 16.1 Å². The van der Waals surface area contributed by atoms with E-state index in [-0.39, 0.29) is 18.4 Å². The maximum atomic E-state index is 11.8. The van der Waals surface area contributed by atoms with Gasteiger partial charge in [-0.25, -0.2) is 4.79 Å². The van der Waals surface area contributed by atoms with Crippen LogP contribution in [0.15, 0.2) is 42.5 Å². The molecule has 2 aliphatic carbocycles. The van der Waals surface area contributed by atoms with Gasteiger partial charge in [0.1, 0.15) is 6.61 Å². The monoisotopic (exact) mass is 286 g/mol. The molecular formula is C16H16NO4-. The highest BCUT2D eigenvalue weighted by molar-refractivity contribution is 5.74. The zero-order valence-electron chi connectivity index (χ0n) is 11.4. The van der Waals surface area contributed by atoms with E-state index in [2.05, 4.69) is 5.32 Å². The molecule has 4 atom stereocenters. The molecule has 3 rings (SSSR count). The number of aliphatic carboxylic acids is 1. The molecule has 0 unspecified atom stereocenters. The largest absolute Gasteiger partial charge is 0.550 e. The van der Waals surface area contributed by atoms with Gasteiger partial charge in [0.25, 0.3) is 0 Å². The van der Waals surface area contributed by atoms with Gasteiger partial charge < -0.3 is 20.0 Å². The minimum Gasteiger partial charge on any atom is -0.550 e. The van der Waals surface area contributed by atoms with Crippen LogP contribution in [0.25, 0.3) is 0 Å². The Hall–Kier alpha value is -2.30. The van der Waals surface area contributed by atoms with Crippen molar-refractivity contribution in [2.75, 3.05) is 0 Å². The van der Waals surface area contributed by atoms with E-state index in [1.807, 2.05) is 42.5 Å². The van der Waals surface area contributed by atoms with Crippen LogP contribution in [0.2, 0.25) is 0 Å². The highest BCUT2D eigenvalue weighted by Crippen LogP contribution is 2.43. The average Bonchev–Trinajstić information content (AvgIpc) is 3.07. The third kappa shape index (κ3) is 2.77. The first-order chi connectivity index (χ1) is 10.1. The summed E-state index contributed by atoms with van der Waals surface area (Å²) in [6.45, 7) is 0.166. The SMILES string of the molecule is O=C(N[C@@H]1[C@@H](C(=O)[O-])[C@H]2C=C[C@@H]1C2)OCc1ccccc1. The van der Waals surface area contributed by atoms with Crippen molar-refractivity contribution in [3.63, 3.8) is 0 Å². The number of hydrogen-bond donors (Lipinski definition) is 1. The molecule has 5 heteroatoms. The fourth-order valence-electron chi connectivity index (χ4n) is 3.24. The maximum Gasteiger partial charge on any atom is 0.407 e. The molecule has 1 fully saturated rings. The number of ether oxygens (including phenoxy) is 1. The van der Waals surface area contributed by atoms with E-state index in [1.165, 1.54) is 0 Å². The molecule has 1 amide bonds.